The van der Waals surface area contributed by atoms with Gasteiger partial charge in [0.15, 0.2) is 11.5 Å². The van der Waals surface area contributed by atoms with Crippen LogP contribution in [-0.2, 0) is 22.6 Å². The van der Waals surface area contributed by atoms with Gasteiger partial charge in [-0.15, -0.1) is 11.3 Å². The molecule has 0 N–H and O–H groups in total. The first-order valence-corrected chi connectivity index (χ1v) is 9.60. The summed E-state index contributed by atoms with van der Waals surface area (Å²) < 4.78 is 15.9. The molecule has 4 rings (SSSR count). The van der Waals surface area contributed by atoms with Crippen molar-refractivity contribution >= 4 is 40.2 Å². The fourth-order valence-electron chi connectivity index (χ4n) is 2.37. The number of thiophene rings is 1. The molecule has 128 valence electrons. The number of ether oxygens (including phenoxy) is 3. The summed E-state index contributed by atoms with van der Waals surface area (Å²) in [5.74, 6) is 0.759. The summed E-state index contributed by atoms with van der Waals surface area (Å²) in [7, 11) is 0. The van der Waals surface area contributed by atoms with Gasteiger partial charge in [0, 0.05) is 16.3 Å². The predicted molar refractivity (Wildman–Crippen MR) is 96.5 cm³/mol. The number of rotatable bonds is 5. The normalized spacial score (nSPS) is 12.4. The van der Waals surface area contributed by atoms with Gasteiger partial charge in [-0.25, -0.2) is 4.98 Å². The molecular formula is C17H12ClNO4S2. The highest BCUT2D eigenvalue weighted by Gasteiger charge is 2.19. The quantitative estimate of drug-likeness (QED) is 0.595. The van der Waals surface area contributed by atoms with Crippen molar-refractivity contribution in [3.05, 3.63) is 50.6 Å². The highest BCUT2D eigenvalue weighted by molar-refractivity contribution is 7.14. The molecule has 0 aliphatic carbocycles. The standard InChI is InChI=1S/C17H12ClNO4S2/c18-13-3-10(4-14-16(13)23-9-22-14)6-21-15(20)5-12-8-25-17(19-12)11-1-2-24-7-11/h1-4,7-8H,5-6,9H2. The van der Waals surface area contributed by atoms with Crippen LogP contribution in [0, 0.1) is 0 Å². The van der Waals surface area contributed by atoms with Crippen molar-refractivity contribution < 1.29 is 19.0 Å². The Morgan fingerprint density at radius 2 is 2.24 bits per heavy atom. The molecule has 2 aromatic heterocycles. The molecule has 0 saturated carbocycles. The molecule has 0 fully saturated rings. The number of aromatic nitrogens is 1. The van der Waals surface area contributed by atoms with E-state index >= 15 is 0 Å². The van der Waals surface area contributed by atoms with Gasteiger partial charge < -0.3 is 14.2 Å². The Bertz CT molecular complexity index is 908. The maximum atomic E-state index is 12.1. The van der Waals surface area contributed by atoms with Gasteiger partial charge in [0.05, 0.1) is 17.1 Å². The first-order chi connectivity index (χ1) is 12.2. The Kier molecular flexibility index (Phi) is 4.61. The minimum Gasteiger partial charge on any atom is -0.461 e. The zero-order valence-corrected chi connectivity index (χ0v) is 15.2. The molecule has 0 amide bonds. The van der Waals surface area contributed by atoms with E-state index in [1.54, 1.807) is 23.5 Å². The number of halogens is 1. The number of benzene rings is 1. The summed E-state index contributed by atoms with van der Waals surface area (Å²) >= 11 is 9.26. The lowest BCUT2D eigenvalue weighted by Crippen LogP contribution is -2.08. The molecule has 0 radical (unpaired) electrons. The predicted octanol–water partition coefficient (Wildman–Crippen LogP) is 4.54. The number of hydrogen-bond acceptors (Lipinski definition) is 7. The van der Waals surface area contributed by atoms with E-state index < -0.39 is 0 Å². The van der Waals surface area contributed by atoms with E-state index in [-0.39, 0.29) is 25.8 Å². The van der Waals surface area contributed by atoms with Gasteiger partial charge in [0.1, 0.15) is 11.6 Å². The first-order valence-electron chi connectivity index (χ1n) is 7.39. The van der Waals surface area contributed by atoms with Crippen LogP contribution in [-0.4, -0.2) is 17.7 Å². The van der Waals surface area contributed by atoms with Crippen molar-refractivity contribution in [1.29, 1.82) is 0 Å². The Balaban J connectivity index is 1.36. The second-order valence-electron chi connectivity index (χ2n) is 5.30. The summed E-state index contributed by atoms with van der Waals surface area (Å²) in [6.07, 6.45) is 0.138. The Morgan fingerprint density at radius 1 is 1.32 bits per heavy atom. The SMILES string of the molecule is O=C(Cc1csc(-c2ccsc2)n1)OCc1cc(Cl)c2c(c1)OCO2. The van der Waals surface area contributed by atoms with Gasteiger partial charge in [-0.05, 0) is 29.1 Å². The molecule has 0 bridgehead atoms. The fourth-order valence-corrected chi connectivity index (χ4v) is 4.19. The van der Waals surface area contributed by atoms with Crippen LogP contribution in [0.3, 0.4) is 0 Å². The second-order valence-corrected chi connectivity index (χ2v) is 7.35. The maximum Gasteiger partial charge on any atom is 0.312 e. The minimum atomic E-state index is -0.337. The fraction of sp³-hybridized carbons (Fsp3) is 0.176. The van der Waals surface area contributed by atoms with E-state index in [0.29, 0.717) is 22.2 Å². The van der Waals surface area contributed by atoms with Crippen LogP contribution in [0.1, 0.15) is 11.3 Å². The number of thiazole rings is 1. The zero-order chi connectivity index (χ0) is 17.2. The first kappa shape index (κ1) is 16.4. The molecular weight excluding hydrogens is 382 g/mol. The van der Waals surface area contributed by atoms with E-state index in [9.17, 15) is 4.79 Å². The van der Waals surface area contributed by atoms with Gasteiger partial charge in [-0.1, -0.05) is 11.6 Å². The summed E-state index contributed by atoms with van der Waals surface area (Å²) in [5.41, 5.74) is 2.53. The maximum absolute atomic E-state index is 12.1. The number of carbonyl (C=O) groups is 1. The van der Waals surface area contributed by atoms with Gasteiger partial charge in [-0.2, -0.15) is 11.3 Å². The van der Waals surface area contributed by atoms with Crippen molar-refractivity contribution in [2.24, 2.45) is 0 Å². The molecule has 0 unspecified atom stereocenters. The third kappa shape index (κ3) is 3.63. The summed E-state index contributed by atoms with van der Waals surface area (Å²) in [6, 6.07) is 5.48. The van der Waals surface area contributed by atoms with Crippen LogP contribution in [0.4, 0.5) is 0 Å². The summed E-state index contributed by atoms with van der Waals surface area (Å²) in [5, 5.41) is 7.27. The second kappa shape index (κ2) is 7.03. The molecule has 25 heavy (non-hydrogen) atoms. The molecule has 0 atom stereocenters. The van der Waals surface area contributed by atoms with Crippen molar-refractivity contribution in [2.45, 2.75) is 13.0 Å². The average molecular weight is 394 g/mol. The topological polar surface area (TPSA) is 57.7 Å². The number of esters is 1. The molecule has 0 spiro atoms. The lowest BCUT2D eigenvalue weighted by Gasteiger charge is -2.06. The van der Waals surface area contributed by atoms with Crippen molar-refractivity contribution in [3.8, 4) is 22.1 Å². The van der Waals surface area contributed by atoms with Gasteiger partial charge in [0.25, 0.3) is 0 Å². The van der Waals surface area contributed by atoms with Crippen LogP contribution in [0.15, 0.2) is 34.3 Å². The Morgan fingerprint density at radius 3 is 3.08 bits per heavy atom. The zero-order valence-electron chi connectivity index (χ0n) is 12.9. The van der Waals surface area contributed by atoms with E-state index in [1.165, 1.54) is 11.3 Å². The monoisotopic (exact) mass is 393 g/mol. The van der Waals surface area contributed by atoms with Crippen LogP contribution in [0.5, 0.6) is 11.5 Å². The lowest BCUT2D eigenvalue weighted by molar-refractivity contribution is -0.144. The lowest BCUT2D eigenvalue weighted by atomic mass is 10.2. The van der Waals surface area contributed by atoms with E-state index in [4.69, 9.17) is 25.8 Å². The van der Waals surface area contributed by atoms with Crippen LogP contribution >= 0.6 is 34.3 Å². The number of hydrogen-bond donors (Lipinski definition) is 0. The number of nitrogens with zero attached hydrogens (tertiary/aromatic N) is 1. The summed E-state index contributed by atoms with van der Waals surface area (Å²) in [6.45, 7) is 0.269. The molecule has 5 nitrogen and oxygen atoms in total. The van der Waals surface area contributed by atoms with Crippen molar-refractivity contribution in [3.63, 3.8) is 0 Å². The molecule has 3 heterocycles. The Hall–Kier alpha value is -2.09. The smallest absolute Gasteiger partial charge is 0.312 e. The number of carbonyl (C=O) groups excluding carboxylic acids is 1. The number of fused-ring (bicyclic) bond motifs is 1. The molecule has 8 heteroatoms. The van der Waals surface area contributed by atoms with E-state index in [0.717, 1.165) is 16.1 Å². The molecule has 1 aromatic carbocycles. The van der Waals surface area contributed by atoms with Crippen molar-refractivity contribution in [2.75, 3.05) is 6.79 Å². The molecule has 3 aromatic rings. The van der Waals surface area contributed by atoms with Crippen molar-refractivity contribution in [1.82, 2.24) is 4.98 Å². The van der Waals surface area contributed by atoms with Crippen LogP contribution in [0.2, 0.25) is 5.02 Å². The largest absolute Gasteiger partial charge is 0.461 e. The van der Waals surface area contributed by atoms with Gasteiger partial charge >= 0.3 is 5.97 Å². The third-order valence-corrected chi connectivity index (χ3v) is 5.44. The van der Waals surface area contributed by atoms with Gasteiger partial charge in [0.2, 0.25) is 6.79 Å². The Labute approximate surface area is 156 Å². The average Bonchev–Trinajstić information content (AvgIpc) is 3.33. The van der Waals surface area contributed by atoms with Crippen LogP contribution < -0.4 is 9.47 Å². The van der Waals surface area contributed by atoms with E-state index in [1.807, 2.05) is 22.2 Å². The summed E-state index contributed by atoms with van der Waals surface area (Å²) in [4.78, 5) is 16.5. The third-order valence-electron chi connectivity index (χ3n) is 3.53. The molecule has 1 aliphatic rings. The highest BCUT2D eigenvalue weighted by atomic mass is 35.5. The molecule has 0 saturated heterocycles. The van der Waals surface area contributed by atoms with Gasteiger partial charge in [-0.3, -0.25) is 4.79 Å². The minimum absolute atomic E-state index is 0.122. The van der Waals surface area contributed by atoms with E-state index in [2.05, 4.69) is 4.98 Å². The highest BCUT2D eigenvalue weighted by Crippen LogP contribution is 2.39. The molecule has 1 aliphatic heterocycles. The van der Waals surface area contributed by atoms with Crippen LogP contribution in [0.25, 0.3) is 10.6 Å².